The zero-order valence-electron chi connectivity index (χ0n) is 52.0. The molecule has 27 heteroatoms. The van der Waals surface area contributed by atoms with Crippen LogP contribution in [0, 0.1) is 10.8 Å². The minimum absolute atomic E-state index is 0.0128. The van der Waals surface area contributed by atoms with Gasteiger partial charge in [-0.1, -0.05) is 6.92 Å². The number of aromatic nitrogens is 2. The van der Waals surface area contributed by atoms with Crippen molar-refractivity contribution < 1.29 is 91.8 Å². The van der Waals surface area contributed by atoms with Gasteiger partial charge in [-0.05, 0) is 44.3 Å². The molecule has 0 spiro atoms. The SMILES string of the molecule is CCN(CCN(C)C(O)COCCCOCC1CO1)CC(O)COCC(COC)(COCC(O)CNc1ccnc(-c2cc(NC)ccn2)c1)COCC(O)CN1CCN(CC(O)COCC(COCC2CO2)(COCC2CO2)COCC2CO2)CC1. The Morgan fingerprint density at radius 1 is 0.575 bits per heavy atom. The number of ether oxygens (including phenoxy) is 14. The summed E-state index contributed by atoms with van der Waals surface area (Å²) in [5.74, 6) is 0. The van der Waals surface area contributed by atoms with E-state index in [4.69, 9.17) is 66.3 Å². The van der Waals surface area contributed by atoms with E-state index in [1.54, 1.807) is 19.5 Å². The van der Waals surface area contributed by atoms with E-state index in [0.29, 0.717) is 156 Å². The van der Waals surface area contributed by atoms with Crippen molar-refractivity contribution in [3.63, 3.8) is 0 Å². The number of pyridine rings is 2. The molecule has 7 rings (SSSR count). The van der Waals surface area contributed by atoms with Crippen molar-refractivity contribution in [3.8, 4) is 11.4 Å². The van der Waals surface area contributed by atoms with Crippen molar-refractivity contribution in [2.45, 2.75) is 68.4 Å². The molecule has 0 aliphatic carbocycles. The minimum atomic E-state index is -0.889. The molecule has 5 aliphatic rings. The van der Waals surface area contributed by atoms with Crippen LogP contribution in [-0.4, -0.2) is 355 Å². The zero-order valence-corrected chi connectivity index (χ0v) is 52.0. The predicted molar refractivity (Wildman–Crippen MR) is 321 cm³/mol. The largest absolute Gasteiger partial charge is 0.389 e. The van der Waals surface area contributed by atoms with Crippen LogP contribution in [0.1, 0.15) is 13.3 Å². The van der Waals surface area contributed by atoms with Gasteiger partial charge >= 0.3 is 0 Å². The van der Waals surface area contributed by atoms with Crippen LogP contribution >= 0.6 is 0 Å². The van der Waals surface area contributed by atoms with E-state index in [0.717, 1.165) is 24.4 Å². The maximum absolute atomic E-state index is 11.3. The fourth-order valence-corrected chi connectivity index (χ4v) is 9.86. The summed E-state index contributed by atoms with van der Waals surface area (Å²) < 4.78 is 81.4. The lowest BCUT2D eigenvalue weighted by Crippen LogP contribution is -2.51. The number of piperazine rings is 1. The zero-order chi connectivity index (χ0) is 61.5. The first-order valence-electron chi connectivity index (χ1n) is 31.1. The lowest BCUT2D eigenvalue weighted by atomic mass is 9.92. The number of aliphatic hydroxyl groups excluding tert-OH is 5. The number of epoxide rings is 4. The Kier molecular flexibility index (Phi) is 32.3. The first-order chi connectivity index (χ1) is 42.3. The molecule has 2 aromatic rings. The molecule has 27 nitrogen and oxygen atoms in total. The summed E-state index contributed by atoms with van der Waals surface area (Å²) in [6.07, 6.45) is 0.682. The van der Waals surface area contributed by atoms with Gasteiger partial charge in [-0.3, -0.25) is 29.6 Å². The molecule has 2 aromatic heterocycles. The maximum Gasteiger partial charge on any atom is 0.130 e. The van der Waals surface area contributed by atoms with Gasteiger partial charge in [-0.2, -0.15) is 0 Å². The predicted octanol–water partition coefficient (Wildman–Crippen LogP) is -1.02. The summed E-state index contributed by atoms with van der Waals surface area (Å²) in [5, 5.41) is 61.9. The number of likely N-dealkylation sites (N-methyl/N-ethyl adjacent to an activating group) is 2. The first kappa shape index (κ1) is 71.4. The first-order valence-corrected chi connectivity index (χ1v) is 31.1. The van der Waals surface area contributed by atoms with E-state index in [-0.39, 0.29) is 97.0 Å². The molecule has 0 amide bonds. The highest BCUT2D eigenvalue weighted by molar-refractivity contribution is 5.64. The van der Waals surface area contributed by atoms with Crippen LogP contribution in [0.3, 0.4) is 0 Å². The van der Waals surface area contributed by atoms with Crippen molar-refractivity contribution in [1.82, 2.24) is 29.6 Å². The average molecular weight is 1240 g/mol. The van der Waals surface area contributed by atoms with Crippen LogP contribution in [0.5, 0.6) is 0 Å². The van der Waals surface area contributed by atoms with Crippen LogP contribution in [0.4, 0.5) is 11.4 Å². The van der Waals surface area contributed by atoms with E-state index >= 15 is 0 Å². The molecule has 7 heterocycles. The van der Waals surface area contributed by atoms with Gasteiger partial charge < -0.3 is 102 Å². The standard InChI is InChI=1S/C60H104N8O19/c1-5-66(12-11-65(3)58(73)37-76-18-6-17-75-29-52-33-84-52)22-49(70)26-78-40-59(38-74-4,39-77-25-48(69)21-64-47-8-10-63-57(20-47)56-19-46(61-2)7-9-62-56)41-79-27-50(71)23-67-13-15-68(16-14-67)24-51(72)28-80-42-60(43-81-30-53-34-85-53,44-82-31-54-35-86-54)45-83-32-55-36-87-55/h7-10,19-20,48-55,58,69-73H,5-6,11-18,21-45H2,1-4H3,(H,61,62)(H,63,64). The fourth-order valence-electron chi connectivity index (χ4n) is 9.86. The van der Waals surface area contributed by atoms with Crippen LogP contribution < -0.4 is 10.6 Å². The van der Waals surface area contributed by atoms with Crippen molar-refractivity contribution in [1.29, 1.82) is 0 Å². The molecule has 5 saturated heterocycles. The number of hydrogen-bond acceptors (Lipinski definition) is 27. The molecule has 0 aromatic carbocycles. The Morgan fingerprint density at radius 3 is 1.49 bits per heavy atom. The van der Waals surface area contributed by atoms with E-state index in [1.807, 2.05) is 50.2 Å². The van der Waals surface area contributed by atoms with Crippen molar-refractivity contribution in [3.05, 3.63) is 36.7 Å². The second-order valence-corrected chi connectivity index (χ2v) is 23.9. The third kappa shape index (κ3) is 29.4. The second kappa shape index (κ2) is 39.4. The van der Waals surface area contributed by atoms with Gasteiger partial charge in [-0.15, -0.1) is 0 Å². The van der Waals surface area contributed by atoms with Crippen LogP contribution in [-0.2, 0) is 66.3 Å². The Bertz CT molecular complexity index is 2090. The average Bonchev–Trinajstić information content (AvgIpc) is 4.45. The third-order valence-electron chi connectivity index (χ3n) is 15.4. The van der Waals surface area contributed by atoms with E-state index in [1.165, 1.54) is 0 Å². The van der Waals surface area contributed by atoms with Crippen molar-refractivity contribution in [2.75, 3.05) is 256 Å². The van der Waals surface area contributed by atoms with Gasteiger partial charge in [0.15, 0.2) is 0 Å². The molecule has 7 N–H and O–H groups in total. The Balaban J connectivity index is 0.839. The highest BCUT2D eigenvalue weighted by Gasteiger charge is 2.38. The Labute approximate surface area is 514 Å². The van der Waals surface area contributed by atoms with Gasteiger partial charge in [0.2, 0.25) is 0 Å². The molecule has 5 aliphatic heterocycles. The topological polar surface area (TPSA) is 306 Å². The second-order valence-electron chi connectivity index (χ2n) is 23.9. The number of methoxy groups -OCH3 is 1. The third-order valence-corrected chi connectivity index (χ3v) is 15.4. The van der Waals surface area contributed by atoms with Crippen LogP contribution in [0.2, 0.25) is 0 Å². The monoisotopic (exact) mass is 1240 g/mol. The summed E-state index contributed by atoms with van der Waals surface area (Å²) >= 11 is 0. The van der Waals surface area contributed by atoms with E-state index in [9.17, 15) is 25.5 Å². The molecule has 10 unspecified atom stereocenters. The van der Waals surface area contributed by atoms with Gasteiger partial charge in [0.05, 0.1) is 185 Å². The number of rotatable bonds is 54. The highest BCUT2D eigenvalue weighted by Crippen LogP contribution is 2.26. The molecule has 5 fully saturated rings. The molecule has 0 radical (unpaired) electrons. The Morgan fingerprint density at radius 2 is 1.01 bits per heavy atom. The lowest BCUT2D eigenvalue weighted by molar-refractivity contribution is -0.123. The molecule has 0 saturated carbocycles. The van der Waals surface area contributed by atoms with Gasteiger partial charge in [0.1, 0.15) is 30.6 Å². The normalized spacial score (nSPS) is 22.6. The number of aliphatic hydroxyl groups is 5. The van der Waals surface area contributed by atoms with E-state index in [2.05, 4.69) is 35.3 Å². The number of β-amino-alcohol motifs (C(OH)–C–C–N with tert-alkyl or cyclic N) is 2. The summed E-state index contributed by atoms with van der Waals surface area (Å²) in [6.45, 7) is 16.1. The van der Waals surface area contributed by atoms with E-state index < -0.39 is 41.5 Å². The van der Waals surface area contributed by atoms with Crippen molar-refractivity contribution >= 4 is 11.4 Å². The number of hydrogen-bond donors (Lipinski definition) is 7. The summed E-state index contributed by atoms with van der Waals surface area (Å²) in [4.78, 5) is 17.2. The number of nitrogens with zero attached hydrogens (tertiary/aromatic N) is 6. The lowest BCUT2D eigenvalue weighted by Gasteiger charge is -2.37. The Hall–Kier alpha value is -3.02. The summed E-state index contributed by atoms with van der Waals surface area (Å²) in [6, 6.07) is 7.48. The molecule has 498 valence electrons. The van der Waals surface area contributed by atoms with Gasteiger partial charge in [-0.25, -0.2) is 0 Å². The molecule has 0 bridgehead atoms. The van der Waals surface area contributed by atoms with Gasteiger partial charge in [0, 0.05) is 117 Å². The van der Waals surface area contributed by atoms with Crippen LogP contribution in [0.25, 0.3) is 11.4 Å². The number of nitrogens with one attached hydrogen (secondary N) is 2. The molecule has 10 atom stereocenters. The molecular formula is C60H104N8O19. The quantitative estimate of drug-likeness (QED) is 0.0237. The van der Waals surface area contributed by atoms with Crippen LogP contribution in [0.15, 0.2) is 36.7 Å². The number of anilines is 2. The summed E-state index contributed by atoms with van der Waals surface area (Å²) in [7, 11) is 5.27. The fraction of sp³-hybridized carbons (Fsp3) is 0.833. The maximum atomic E-state index is 11.3. The van der Waals surface area contributed by atoms with Gasteiger partial charge in [0.25, 0.3) is 0 Å². The summed E-state index contributed by atoms with van der Waals surface area (Å²) in [5.41, 5.74) is 1.59. The van der Waals surface area contributed by atoms with Crippen molar-refractivity contribution in [2.24, 2.45) is 10.8 Å². The minimum Gasteiger partial charge on any atom is -0.389 e. The highest BCUT2D eigenvalue weighted by atomic mass is 16.6. The molecular weight excluding hydrogens is 1140 g/mol. The smallest absolute Gasteiger partial charge is 0.130 e. The molecule has 87 heavy (non-hydrogen) atoms.